The molecular formula is C16H13ClN2O5S. The Morgan fingerprint density at radius 2 is 1.80 bits per heavy atom. The molecule has 0 saturated carbocycles. The maximum absolute atomic E-state index is 12.1. The number of halogens is 1. The number of nitro groups is 1. The van der Waals surface area contributed by atoms with Gasteiger partial charge in [0, 0.05) is 6.07 Å². The number of nitrogens with zero attached hydrogens (tertiary/aromatic N) is 1. The highest BCUT2D eigenvalue weighted by Gasteiger charge is 2.24. The van der Waals surface area contributed by atoms with Gasteiger partial charge in [0.2, 0.25) is 10.0 Å². The zero-order chi connectivity index (χ0) is 18.3. The van der Waals surface area contributed by atoms with Crippen LogP contribution in [0.4, 0.5) is 5.69 Å². The van der Waals surface area contributed by atoms with Gasteiger partial charge < -0.3 is 4.74 Å². The van der Waals surface area contributed by atoms with Crippen molar-refractivity contribution in [3.63, 3.8) is 0 Å². The first kappa shape index (κ1) is 18.7. The average Bonchev–Trinajstić information content (AvgIpc) is 2.59. The van der Waals surface area contributed by atoms with E-state index in [1.807, 2.05) is 0 Å². The predicted molar refractivity (Wildman–Crippen MR) is 93.0 cm³/mol. The maximum Gasteiger partial charge on any atom is 0.289 e. The van der Waals surface area contributed by atoms with Gasteiger partial charge in [-0.05, 0) is 18.2 Å². The number of rotatable bonds is 6. The smallest absolute Gasteiger partial charge is 0.289 e. The van der Waals surface area contributed by atoms with Crippen LogP contribution in [-0.4, -0.2) is 26.5 Å². The number of benzene rings is 2. The third kappa shape index (κ3) is 5.19. The Kier molecular flexibility index (Phi) is 6.36. The Balaban J connectivity index is 1.94. The zero-order valence-corrected chi connectivity index (χ0v) is 14.4. The Hall–Kier alpha value is -2.60. The molecule has 0 fully saturated rings. The van der Waals surface area contributed by atoms with Gasteiger partial charge in [-0.15, -0.1) is 0 Å². The van der Waals surface area contributed by atoms with Gasteiger partial charge in [0.25, 0.3) is 5.69 Å². The van der Waals surface area contributed by atoms with Crippen LogP contribution in [0.1, 0.15) is 0 Å². The van der Waals surface area contributed by atoms with Gasteiger partial charge in [0.15, 0.2) is 4.90 Å². The second-order valence-electron chi connectivity index (χ2n) is 4.62. The lowest BCUT2D eigenvalue weighted by Crippen LogP contribution is -2.24. The molecular weight excluding hydrogens is 368 g/mol. The van der Waals surface area contributed by atoms with Gasteiger partial charge in [-0.3, -0.25) is 10.1 Å². The van der Waals surface area contributed by atoms with Crippen molar-refractivity contribution < 1.29 is 18.1 Å². The van der Waals surface area contributed by atoms with E-state index in [4.69, 9.17) is 16.3 Å². The summed E-state index contributed by atoms with van der Waals surface area (Å²) in [6.07, 6.45) is 0. The molecule has 0 aliphatic carbocycles. The maximum atomic E-state index is 12.1. The third-order valence-electron chi connectivity index (χ3n) is 2.96. The molecule has 2 aromatic carbocycles. The van der Waals surface area contributed by atoms with Gasteiger partial charge in [0.05, 0.1) is 16.5 Å². The summed E-state index contributed by atoms with van der Waals surface area (Å²) in [5, 5.41) is 11.3. The van der Waals surface area contributed by atoms with E-state index in [-0.39, 0.29) is 13.2 Å². The van der Waals surface area contributed by atoms with Crippen molar-refractivity contribution in [1.82, 2.24) is 4.72 Å². The van der Waals surface area contributed by atoms with E-state index in [0.29, 0.717) is 10.8 Å². The molecule has 7 nitrogen and oxygen atoms in total. The normalized spacial score (nSPS) is 10.6. The molecule has 0 radical (unpaired) electrons. The summed E-state index contributed by atoms with van der Waals surface area (Å²) < 4.78 is 31.8. The predicted octanol–water partition coefficient (Wildman–Crippen LogP) is 2.61. The fourth-order valence-electron chi connectivity index (χ4n) is 1.83. The Morgan fingerprint density at radius 3 is 2.52 bits per heavy atom. The van der Waals surface area contributed by atoms with Gasteiger partial charge in [0.1, 0.15) is 12.4 Å². The number of nitrogens with one attached hydrogen (secondary N) is 1. The van der Waals surface area contributed by atoms with E-state index in [1.165, 1.54) is 12.1 Å². The molecule has 2 aromatic rings. The number of hydrogen-bond donors (Lipinski definition) is 1. The molecule has 2 rings (SSSR count). The molecule has 0 amide bonds. The second kappa shape index (κ2) is 8.48. The molecule has 0 saturated heterocycles. The van der Waals surface area contributed by atoms with E-state index in [2.05, 4.69) is 16.6 Å². The molecule has 0 aromatic heterocycles. The van der Waals surface area contributed by atoms with Crippen LogP contribution in [0.5, 0.6) is 5.75 Å². The van der Waals surface area contributed by atoms with Crippen molar-refractivity contribution in [2.75, 3.05) is 13.2 Å². The third-order valence-corrected chi connectivity index (χ3v) is 4.72. The first-order chi connectivity index (χ1) is 11.9. The number of hydrogen-bond acceptors (Lipinski definition) is 5. The number of ether oxygens (including phenoxy) is 1. The number of sulfonamides is 1. The number of nitro benzene ring substituents is 1. The minimum atomic E-state index is -4.04. The summed E-state index contributed by atoms with van der Waals surface area (Å²) in [5.41, 5.74) is -0.495. The van der Waals surface area contributed by atoms with Crippen LogP contribution in [0.3, 0.4) is 0 Å². The average molecular weight is 381 g/mol. The highest BCUT2D eigenvalue weighted by molar-refractivity contribution is 7.89. The first-order valence-corrected chi connectivity index (χ1v) is 8.84. The number of para-hydroxylation sites is 2. The highest BCUT2D eigenvalue weighted by atomic mass is 35.5. The highest BCUT2D eigenvalue weighted by Crippen LogP contribution is 2.23. The van der Waals surface area contributed by atoms with E-state index in [9.17, 15) is 18.5 Å². The van der Waals surface area contributed by atoms with Gasteiger partial charge in [-0.1, -0.05) is 47.7 Å². The Labute approximate surface area is 149 Å². The van der Waals surface area contributed by atoms with E-state index >= 15 is 0 Å². The van der Waals surface area contributed by atoms with Crippen molar-refractivity contribution >= 4 is 27.3 Å². The van der Waals surface area contributed by atoms with Crippen LogP contribution >= 0.6 is 11.6 Å². The van der Waals surface area contributed by atoms with E-state index in [1.54, 1.807) is 24.3 Å². The molecule has 130 valence electrons. The summed E-state index contributed by atoms with van der Waals surface area (Å²) in [6, 6.07) is 12.0. The standard InChI is InChI=1S/C16H13ClN2O5S/c17-13-7-1-3-9-15(13)24-12-6-5-11-18-25(22,23)16-10-4-2-8-14(16)19(20)21/h1-4,7-10,18H,11-12H2. The van der Waals surface area contributed by atoms with Gasteiger partial charge >= 0.3 is 0 Å². The van der Waals surface area contributed by atoms with Crippen LogP contribution in [0.15, 0.2) is 53.4 Å². The van der Waals surface area contributed by atoms with E-state index in [0.717, 1.165) is 12.1 Å². The molecule has 0 unspecified atom stereocenters. The van der Waals surface area contributed by atoms with Crippen LogP contribution in [-0.2, 0) is 10.0 Å². The summed E-state index contributed by atoms with van der Waals surface area (Å²) in [6.45, 7) is -0.183. The molecule has 0 atom stereocenters. The SMILES string of the molecule is O=[N+]([O-])c1ccccc1S(=O)(=O)NCC#CCOc1ccccc1Cl. The monoisotopic (exact) mass is 380 g/mol. The topological polar surface area (TPSA) is 98.5 Å². The molecule has 9 heteroatoms. The van der Waals surface area contributed by atoms with E-state index < -0.39 is 25.5 Å². The zero-order valence-electron chi connectivity index (χ0n) is 12.8. The molecule has 0 aliphatic rings. The molecule has 0 aliphatic heterocycles. The lowest BCUT2D eigenvalue weighted by atomic mass is 10.3. The second-order valence-corrected chi connectivity index (χ2v) is 6.76. The lowest BCUT2D eigenvalue weighted by Gasteiger charge is -2.04. The Bertz CT molecular complexity index is 935. The van der Waals surface area contributed by atoms with Crippen LogP contribution in [0, 0.1) is 22.0 Å². The quantitative estimate of drug-likeness (QED) is 0.472. The largest absolute Gasteiger partial charge is 0.479 e. The van der Waals surface area contributed by atoms with Gasteiger partial charge in [-0.2, -0.15) is 4.72 Å². The Morgan fingerprint density at radius 1 is 1.12 bits per heavy atom. The molecule has 1 N–H and O–H groups in total. The fraction of sp³-hybridized carbons (Fsp3) is 0.125. The van der Waals surface area contributed by atoms with Crippen molar-refractivity contribution in [3.05, 3.63) is 63.7 Å². The minimum absolute atomic E-state index is 0.0247. The minimum Gasteiger partial charge on any atom is -0.479 e. The first-order valence-electron chi connectivity index (χ1n) is 6.98. The van der Waals surface area contributed by atoms with Crippen LogP contribution in [0.25, 0.3) is 0 Å². The van der Waals surface area contributed by atoms with Gasteiger partial charge in [-0.25, -0.2) is 8.42 Å². The van der Waals surface area contributed by atoms with Crippen molar-refractivity contribution in [3.8, 4) is 17.6 Å². The van der Waals surface area contributed by atoms with Crippen molar-refractivity contribution in [2.45, 2.75) is 4.90 Å². The molecule has 25 heavy (non-hydrogen) atoms. The van der Waals surface area contributed by atoms with Crippen molar-refractivity contribution in [2.24, 2.45) is 0 Å². The fourth-order valence-corrected chi connectivity index (χ4v) is 3.12. The summed E-state index contributed by atoms with van der Waals surface area (Å²) in [7, 11) is -4.04. The van der Waals surface area contributed by atoms with Crippen LogP contribution < -0.4 is 9.46 Å². The summed E-state index contributed by atoms with van der Waals surface area (Å²) in [5.74, 6) is 5.67. The summed E-state index contributed by atoms with van der Waals surface area (Å²) >= 11 is 5.91. The summed E-state index contributed by atoms with van der Waals surface area (Å²) in [4.78, 5) is 9.74. The van der Waals surface area contributed by atoms with Crippen LogP contribution in [0.2, 0.25) is 5.02 Å². The lowest BCUT2D eigenvalue weighted by molar-refractivity contribution is -0.387. The molecule has 0 bridgehead atoms. The molecule has 0 spiro atoms. The van der Waals surface area contributed by atoms with Crippen molar-refractivity contribution in [1.29, 1.82) is 0 Å². The molecule has 0 heterocycles.